The maximum absolute atomic E-state index is 13.7. The van der Waals surface area contributed by atoms with Crippen LogP contribution in [0.2, 0.25) is 0 Å². The van der Waals surface area contributed by atoms with Crippen LogP contribution in [0.25, 0.3) is 11.0 Å². The van der Waals surface area contributed by atoms with Gasteiger partial charge in [-0.15, -0.1) is 0 Å². The summed E-state index contributed by atoms with van der Waals surface area (Å²) in [5.41, 5.74) is 5.10. The largest absolute Gasteiger partial charge is 0.465 e. The molecule has 1 aliphatic rings. The molecule has 5 rings (SSSR count). The monoisotopic (exact) mass is 423 g/mol. The van der Waals surface area contributed by atoms with E-state index in [1.807, 2.05) is 78.2 Å². The number of carbonyl (C=O) groups excluding carboxylic acids is 2. The summed E-state index contributed by atoms with van der Waals surface area (Å²) in [7, 11) is 1.36. The molecule has 3 aromatic carbocycles. The third-order valence-corrected chi connectivity index (χ3v) is 5.76. The Kier molecular flexibility index (Phi) is 4.82. The first kappa shape index (κ1) is 19.8. The van der Waals surface area contributed by atoms with Crippen LogP contribution in [0.1, 0.15) is 39.2 Å². The molecule has 32 heavy (non-hydrogen) atoms. The van der Waals surface area contributed by atoms with Crippen LogP contribution in [0.5, 0.6) is 0 Å². The van der Waals surface area contributed by atoms with Crippen molar-refractivity contribution in [3.63, 3.8) is 0 Å². The minimum absolute atomic E-state index is 0.0546. The van der Waals surface area contributed by atoms with E-state index in [4.69, 9.17) is 9.72 Å². The fourth-order valence-electron chi connectivity index (χ4n) is 4.24. The van der Waals surface area contributed by atoms with Crippen LogP contribution in [0.4, 0.5) is 5.95 Å². The Labute approximate surface area is 185 Å². The topological polar surface area (TPSA) is 73.2 Å². The predicted octanol–water partition coefficient (Wildman–Crippen LogP) is 4.99. The van der Waals surface area contributed by atoms with Crippen LogP contribution in [-0.4, -0.2) is 28.4 Å². The number of hydrogen-bond donors (Lipinski definition) is 1. The van der Waals surface area contributed by atoms with E-state index in [9.17, 15) is 9.59 Å². The first-order chi connectivity index (χ1) is 15.6. The molecule has 0 amide bonds. The van der Waals surface area contributed by atoms with Crippen molar-refractivity contribution in [2.75, 3.05) is 12.4 Å². The quantitative estimate of drug-likeness (QED) is 0.370. The minimum Gasteiger partial charge on any atom is -0.465 e. The minimum atomic E-state index is -0.405. The Hall–Kier alpha value is -4.19. The van der Waals surface area contributed by atoms with Crippen LogP contribution < -0.4 is 5.32 Å². The number of rotatable bonds is 4. The third kappa shape index (κ3) is 3.17. The fourth-order valence-corrected chi connectivity index (χ4v) is 4.24. The molecule has 1 aliphatic heterocycles. The summed E-state index contributed by atoms with van der Waals surface area (Å²) in [6, 6.07) is 23.9. The van der Waals surface area contributed by atoms with Crippen molar-refractivity contribution in [3.05, 3.63) is 107 Å². The summed E-state index contributed by atoms with van der Waals surface area (Å²) in [6.07, 6.45) is 0. The summed E-state index contributed by atoms with van der Waals surface area (Å²) in [4.78, 5) is 30.3. The first-order valence-corrected chi connectivity index (χ1v) is 10.3. The van der Waals surface area contributed by atoms with E-state index in [2.05, 4.69) is 5.32 Å². The zero-order valence-electron chi connectivity index (χ0n) is 17.7. The number of nitrogens with zero attached hydrogens (tertiary/aromatic N) is 2. The number of imidazole rings is 1. The lowest BCUT2D eigenvalue weighted by atomic mass is 9.89. The standard InChI is InChI=1S/C26H21N3O3/c1-16-22(24(30)18-8-4-3-5-9-18)23(17-12-14-19(15-13-17)25(31)32-2)29-21-11-7-6-10-20(21)28-26(29)27-16/h3-15,23H,1-2H3,(H,27,28)/t23-/m1/s1. The number of nitrogens with one attached hydrogen (secondary N) is 1. The number of fused-ring (bicyclic) bond motifs is 3. The summed E-state index contributed by atoms with van der Waals surface area (Å²) < 4.78 is 6.88. The number of para-hydroxylation sites is 2. The molecule has 6 heteroatoms. The number of ether oxygens (including phenoxy) is 1. The van der Waals surface area contributed by atoms with Crippen LogP contribution in [-0.2, 0) is 4.74 Å². The molecule has 1 atom stereocenters. The second-order valence-corrected chi connectivity index (χ2v) is 7.67. The number of aromatic nitrogens is 2. The lowest BCUT2D eigenvalue weighted by Gasteiger charge is -2.31. The van der Waals surface area contributed by atoms with E-state index < -0.39 is 12.0 Å². The highest BCUT2D eigenvalue weighted by atomic mass is 16.5. The van der Waals surface area contributed by atoms with Gasteiger partial charge in [0.25, 0.3) is 0 Å². The van der Waals surface area contributed by atoms with Gasteiger partial charge in [0.05, 0.1) is 29.7 Å². The summed E-state index contributed by atoms with van der Waals surface area (Å²) in [5, 5.41) is 3.33. The van der Waals surface area contributed by atoms with Gasteiger partial charge in [-0.2, -0.15) is 0 Å². The number of allylic oxidation sites excluding steroid dienone is 2. The Bertz CT molecular complexity index is 1370. The summed E-state index contributed by atoms with van der Waals surface area (Å²) >= 11 is 0. The maximum atomic E-state index is 13.7. The van der Waals surface area contributed by atoms with Crippen molar-refractivity contribution >= 4 is 28.7 Å². The van der Waals surface area contributed by atoms with Gasteiger partial charge in [-0.3, -0.25) is 9.36 Å². The smallest absolute Gasteiger partial charge is 0.337 e. The molecule has 0 aliphatic carbocycles. The summed E-state index contributed by atoms with van der Waals surface area (Å²) in [6.45, 7) is 1.90. The van der Waals surface area contributed by atoms with Crippen LogP contribution in [0.15, 0.2) is 90.1 Å². The molecular formula is C26H21N3O3. The Morgan fingerprint density at radius 2 is 1.59 bits per heavy atom. The van der Waals surface area contributed by atoms with E-state index in [1.165, 1.54) is 7.11 Å². The molecule has 1 aromatic heterocycles. The summed E-state index contributed by atoms with van der Waals surface area (Å²) in [5.74, 6) is 0.222. The van der Waals surface area contributed by atoms with Crippen LogP contribution >= 0.6 is 0 Å². The second kappa shape index (κ2) is 7.81. The molecule has 4 aromatic rings. The van der Waals surface area contributed by atoms with Gasteiger partial charge in [-0.25, -0.2) is 9.78 Å². The van der Waals surface area contributed by atoms with E-state index in [0.717, 1.165) is 22.3 Å². The van der Waals surface area contributed by atoms with E-state index in [0.29, 0.717) is 22.6 Å². The Morgan fingerprint density at radius 1 is 0.906 bits per heavy atom. The normalized spacial score (nSPS) is 15.2. The van der Waals surface area contributed by atoms with Crippen molar-refractivity contribution in [1.82, 2.24) is 9.55 Å². The van der Waals surface area contributed by atoms with Gasteiger partial charge in [0.2, 0.25) is 5.95 Å². The number of hydrogen-bond acceptors (Lipinski definition) is 5. The van der Waals surface area contributed by atoms with E-state index in [1.54, 1.807) is 12.1 Å². The van der Waals surface area contributed by atoms with Gasteiger partial charge in [0.1, 0.15) is 0 Å². The number of methoxy groups -OCH3 is 1. The lowest BCUT2D eigenvalue weighted by Crippen LogP contribution is -2.28. The zero-order valence-corrected chi connectivity index (χ0v) is 17.7. The molecule has 0 fully saturated rings. The van der Waals surface area contributed by atoms with Crippen LogP contribution in [0.3, 0.4) is 0 Å². The van der Waals surface area contributed by atoms with E-state index in [-0.39, 0.29) is 5.78 Å². The highest BCUT2D eigenvalue weighted by molar-refractivity contribution is 6.11. The Morgan fingerprint density at radius 3 is 2.31 bits per heavy atom. The van der Waals surface area contributed by atoms with Gasteiger partial charge in [0.15, 0.2) is 5.78 Å². The highest BCUT2D eigenvalue weighted by Crippen LogP contribution is 2.40. The number of esters is 1. The first-order valence-electron chi connectivity index (χ1n) is 10.3. The maximum Gasteiger partial charge on any atom is 0.337 e. The lowest BCUT2D eigenvalue weighted by molar-refractivity contribution is 0.0600. The Balaban J connectivity index is 1.72. The SMILES string of the molecule is COC(=O)c1ccc([C@@H]2C(C(=O)c3ccccc3)=C(C)Nc3nc4ccccc4n32)cc1. The average Bonchev–Trinajstić information content (AvgIpc) is 3.20. The molecule has 158 valence electrons. The molecule has 0 saturated heterocycles. The molecule has 0 radical (unpaired) electrons. The predicted molar refractivity (Wildman–Crippen MR) is 123 cm³/mol. The molecule has 0 unspecified atom stereocenters. The van der Waals surface area contributed by atoms with Crippen molar-refractivity contribution in [2.45, 2.75) is 13.0 Å². The molecule has 0 bridgehead atoms. The molecule has 0 spiro atoms. The van der Waals surface area contributed by atoms with Crippen molar-refractivity contribution < 1.29 is 14.3 Å². The second-order valence-electron chi connectivity index (χ2n) is 7.67. The zero-order chi connectivity index (χ0) is 22.2. The molecule has 2 heterocycles. The van der Waals surface area contributed by atoms with Crippen molar-refractivity contribution in [1.29, 1.82) is 0 Å². The van der Waals surface area contributed by atoms with Gasteiger partial charge >= 0.3 is 5.97 Å². The number of benzene rings is 3. The number of ketones is 1. The molecule has 0 saturated carbocycles. The fraction of sp³-hybridized carbons (Fsp3) is 0.115. The van der Waals surface area contributed by atoms with Gasteiger partial charge in [0, 0.05) is 16.8 Å². The highest BCUT2D eigenvalue weighted by Gasteiger charge is 2.34. The third-order valence-electron chi connectivity index (χ3n) is 5.76. The number of anilines is 1. The van der Waals surface area contributed by atoms with E-state index >= 15 is 0 Å². The molecular weight excluding hydrogens is 402 g/mol. The van der Waals surface area contributed by atoms with Crippen LogP contribution in [0, 0.1) is 0 Å². The average molecular weight is 423 g/mol. The number of Topliss-reactive ketones (excluding diaryl/α,β-unsaturated/α-hetero) is 1. The van der Waals surface area contributed by atoms with Gasteiger partial charge in [-0.1, -0.05) is 54.6 Å². The van der Waals surface area contributed by atoms with Crippen molar-refractivity contribution in [3.8, 4) is 0 Å². The van der Waals surface area contributed by atoms with Crippen molar-refractivity contribution in [2.24, 2.45) is 0 Å². The van der Waals surface area contributed by atoms with Gasteiger partial charge in [-0.05, 0) is 36.8 Å². The molecule has 6 nitrogen and oxygen atoms in total. The number of carbonyl (C=O) groups is 2. The molecule has 1 N–H and O–H groups in total. The van der Waals surface area contributed by atoms with Gasteiger partial charge < -0.3 is 10.1 Å².